The fourth-order valence-electron chi connectivity index (χ4n) is 1.20. The van der Waals surface area contributed by atoms with Crippen LogP contribution in [0.25, 0.3) is 0 Å². The molecule has 2 N–H and O–H groups in total. The first-order valence-corrected chi connectivity index (χ1v) is 4.86. The van der Waals surface area contributed by atoms with Gasteiger partial charge in [0.1, 0.15) is 0 Å². The van der Waals surface area contributed by atoms with Crippen molar-refractivity contribution in [1.82, 2.24) is 0 Å². The summed E-state index contributed by atoms with van der Waals surface area (Å²) in [4.78, 5) is 10.5. The molecule has 0 bridgehead atoms. The van der Waals surface area contributed by atoms with E-state index < -0.39 is 18.0 Å². The van der Waals surface area contributed by atoms with Gasteiger partial charge >= 0.3 is 5.97 Å². The molecule has 1 heterocycles. The van der Waals surface area contributed by atoms with Crippen molar-refractivity contribution in [3.63, 3.8) is 0 Å². The first-order valence-electron chi connectivity index (χ1n) is 3.70. The topological polar surface area (TPSA) is 57.5 Å². The summed E-state index contributed by atoms with van der Waals surface area (Å²) in [5, 5.41) is 18.0. The summed E-state index contributed by atoms with van der Waals surface area (Å²) in [5.41, 5.74) is 0. The molecule has 1 fully saturated rings. The van der Waals surface area contributed by atoms with Crippen LogP contribution in [0.15, 0.2) is 0 Å². The van der Waals surface area contributed by atoms with E-state index in [1.165, 1.54) is 0 Å². The van der Waals surface area contributed by atoms with Gasteiger partial charge in [-0.25, -0.2) is 0 Å². The van der Waals surface area contributed by atoms with E-state index in [0.717, 1.165) is 11.5 Å². The molecule has 1 aliphatic rings. The standard InChI is InChI=1S/C7H12O3S/c8-6-2-4-11-3-1-5(6)7(9)10/h5-6,8H,1-4H2,(H,9,10). The van der Waals surface area contributed by atoms with Gasteiger partial charge in [0, 0.05) is 0 Å². The highest BCUT2D eigenvalue weighted by molar-refractivity contribution is 7.99. The first kappa shape index (κ1) is 8.87. The number of aliphatic hydroxyl groups excluding tert-OH is 1. The predicted octanol–water partition coefficient (Wildman–Crippen LogP) is 0.575. The summed E-state index contributed by atoms with van der Waals surface area (Å²) < 4.78 is 0. The van der Waals surface area contributed by atoms with Crippen LogP contribution in [-0.4, -0.2) is 33.8 Å². The predicted molar refractivity (Wildman–Crippen MR) is 43.7 cm³/mol. The summed E-state index contributed by atoms with van der Waals surface area (Å²) in [7, 11) is 0. The number of carboxylic acid groups (broad SMARTS) is 1. The second-order valence-electron chi connectivity index (χ2n) is 2.70. The van der Waals surface area contributed by atoms with Crippen LogP contribution in [0.5, 0.6) is 0 Å². The van der Waals surface area contributed by atoms with Crippen LogP contribution < -0.4 is 0 Å². The molecule has 0 spiro atoms. The number of carboxylic acids is 1. The highest BCUT2D eigenvalue weighted by atomic mass is 32.2. The number of hydrogen-bond donors (Lipinski definition) is 2. The van der Waals surface area contributed by atoms with Crippen molar-refractivity contribution >= 4 is 17.7 Å². The molecule has 0 aromatic carbocycles. The number of thioether (sulfide) groups is 1. The minimum atomic E-state index is -0.861. The number of aliphatic carboxylic acids is 1. The Hall–Kier alpha value is -0.220. The fraction of sp³-hybridized carbons (Fsp3) is 0.857. The molecular weight excluding hydrogens is 164 g/mol. The van der Waals surface area contributed by atoms with Crippen molar-refractivity contribution in [3.8, 4) is 0 Å². The molecule has 1 aliphatic heterocycles. The van der Waals surface area contributed by atoms with Gasteiger partial charge in [-0.2, -0.15) is 11.8 Å². The lowest BCUT2D eigenvalue weighted by Gasteiger charge is -2.14. The summed E-state index contributed by atoms with van der Waals surface area (Å²) in [6.07, 6.45) is 0.575. The quantitative estimate of drug-likeness (QED) is 0.613. The SMILES string of the molecule is O=C(O)C1CCSCCC1O. The summed E-state index contributed by atoms with van der Waals surface area (Å²) in [6, 6.07) is 0. The van der Waals surface area contributed by atoms with E-state index in [1.54, 1.807) is 11.8 Å². The first-order chi connectivity index (χ1) is 5.22. The van der Waals surface area contributed by atoms with Gasteiger partial charge in [0.2, 0.25) is 0 Å². The van der Waals surface area contributed by atoms with Crippen LogP contribution in [0.4, 0.5) is 0 Å². The van der Waals surface area contributed by atoms with Crippen LogP contribution in [0.2, 0.25) is 0 Å². The fourth-order valence-corrected chi connectivity index (χ4v) is 2.23. The zero-order valence-electron chi connectivity index (χ0n) is 6.19. The Kier molecular flexibility index (Phi) is 3.20. The van der Waals surface area contributed by atoms with Crippen LogP contribution in [-0.2, 0) is 4.79 Å². The zero-order valence-corrected chi connectivity index (χ0v) is 7.01. The minimum absolute atomic E-state index is 0.537. The molecule has 0 radical (unpaired) electrons. The lowest BCUT2D eigenvalue weighted by Crippen LogP contribution is -2.27. The maximum absolute atomic E-state index is 10.5. The van der Waals surface area contributed by atoms with E-state index in [4.69, 9.17) is 5.11 Å². The van der Waals surface area contributed by atoms with Crippen molar-refractivity contribution < 1.29 is 15.0 Å². The molecule has 2 atom stereocenters. The monoisotopic (exact) mass is 176 g/mol. The van der Waals surface area contributed by atoms with E-state index >= 15 is 0 Å². The molecule has 0 aromatic rings. The third-order valence-electron chi connectivity index (χ3n) is 1.91. The largest absolute Gasteiger partial charge is 0.481 e. The van der Waals surface area contributed by atoms with Crippen LogP contribution in [0.3, 0.4) is 0 Å². The van der Waals surface area contributed by atoms with Gasteiger partial charge in [-0.05, 0) is 24.3 Å². The average Bonchev–Trinajstić information content (AvgIpc) is 2.13. The second-order valence-corrected chi connectivity index (χ2v) is 3.93. The van der Waals surface area contributed by atoms with E-state index in [0.29, 0.717) is 12.8 Å². The zero-order chi connectivity index (χ0) is 8.27. The van der Waals surface area contributed by atoms with Crippen LogP contribution >= 0.6 is 11.8 Å². The molecule has 4 heteroatoms. The molecule has 3 nitrogen and oxygen atoms in total. The third-order valence-corrected chi connectivity index (χ3v) is 2.96. The molecule has 0 saturated carbocycles. The van der Waals surface area contributed by atoms with Gasteiger partial charge in [-0.15, -0.1) is 0 Å². The number of rotatable bonds is 1. The Morgan fingerprint density at radius 3 is 2.64 bits per heavy atom. The van der Waals surface area contributed by atoms with Gasteiger partial charge in [-0.3, -0.25) is 4.79 Å². The van der Waals surface area contributed by atoms with Crippen molar-refractivity contribution in [3.05, 3.63) is 0 Å². The van der Waals surface area contributed by atoms with Gasteiger partial charge in [0.05, 0.1) is 12.0 Å². The van der Waals surface area contributed by atoms with E-state index in [-0.39, 0.29) is 0 Å². The van der Waals surface area contributed by atoms with Crippen molar-refractivity contribution in [2.45, 2.75) is 18.9 Å². The molecule has 11 heavy (non-hydrogen) atoms. The van der Waals surface area contributed by atoms with Gasteiger partial charge < -0.3 is 10.2 Å². The summed E-state index contributed by atoms with van der Waals surface area (Å²) in [6.45, 7) is 0. The number of aliphatic hydroxyl groups is 1. The minimum Gasteiger partial charge on any atom is -0.481 e. The molecule has 0 amide bonds. The molecular formula is C7H12O3S. The lowest BCUT2D eigenvalue weighted by atomic mass is 9.98. The molecule has 0 aliphatic carbocycles. The van der Waals surface area contributed by atoms with E-state index in [2.05, 4.69) is 0 Å². The van der Waals surface area contributed by atoms with E-state index in [1.807, 2.05) is 0 Å². The normalized spacial score (nSPS) is 32.8. The maximum Gasteiger partial charge on any atom is 0.309 e. The third kappa shape index (κ3) is 2.38. The molecule has 2 unspecified atom stereocenters. The van der Waals surface area contributed by atoms with E-state index in [9.17, 15) is 9.90 Å². The van der Waals surface area contributed by atoms with Crippen LogP contribution in [0, 0.1) is 5.92 Å². The Balaban J connectivity index is 2.52. The summed E-state index contributed by atoms with van der Waals surface area (Å²) in [5.74, 6) is 0.337. The van der Waals surface area contributed by atoms with Gasteiger partial charge in [0.15, 0.2) is 0 Å². The van der Waals surface area contributed by atoms with Crippen molar-refractivity contribution in [2.75, 3.05) is 11.5 Å². The molecule has 64 valence electrons. The number of carbonyl (C=O) groups is 1. The van der Waals surface area contributed by atoms with Gasteiger partial charge in [-0.1, -0.05) is 0 Å². The Labute approximate surface area is 69.8 Å². The highest BCUT2D eigenvalue weighted by Gasteiger charge is 2.27. The average molecular weight is 176 g/mol. The molecule has 1 rings (SSSR count). The lowest BCUT2D eigenvalue weighted by molar-refractivity contribution is -0.145. The smallest absolute Gasteiger partial charge is 0.309 e. The van der Waals surface area contributed by atoms with Crippen molar-refractivity contribution in [1.29, 1.82) is 0 Å². The molecule has 0 aromatic heterocycles. The Bertz CT molecular complexity index is 149. The second kappa shape index (κ2) is 3.97. The molecule has 1 saturated heterocycles. The number of hydrogen-bond acceptors (Lipinski definition) is 3. The van der Waals surface area contributed by atoms with Gasteiger partial charge in [0.25, 0.3) is 0 Å². The Morgan fingerprint density at radius 2 is 2.00 bits per heavy atom. The van der Waals surface area contributed by atoms with Crippen LogP contribution in [0.1, 0.15) is 12.8 Å². The van der Waals surface area contributed by atoms with Crippen molar-refractivity contribution in [2.24, 2.45) is 5.92 Å². The maximum atomic E-state index is 10.5. The summed E-state index contributed by atoms with van der Waals surface area (Å²) >= 11 is 1.72. The Morgan fingerprint density at radius 1 is 1.36 bits per heavy atom. The highest BCUT2D eigenvalue weighted by Crippen LogP contribution is 2.22.